The van der Waals surface area contributed by atoms with Gasteiger partial charge in [-0.15, -0.1) is 0 Å². The maximum absolute atomic E-state index is 13.7. The van der Waals surface area contributed by atoms with Gasteiger partial charge in [0, 0.05) is 13.6 Å². The Bertz CT molecular complexity index is 1300. The van der Waals surface area contributed by atoms with Gasteiger partial charge in [0.2, 0.25) is 11.8 Å². The van der Waals surface area contributed by atoms with E-state index in [1.54, 1.807) is 49.4 Å². The second-order valence-corrected chi connectivity index (χ2v) is 10.1. The van der Waals surface area contributed by atoms with Crippen LogP contribution in [0, 0.1) is 5.82 Å². The van der Waals surface area contributed by atoms with Crippen LogP contribution in [0.2, 0.25) is 0 Å². The van der Waals surface area contributed by atoms with E-state index in [2.05, 4.69) is 5.32 Å². The number of benzene rings is 3. The molecular weight excluding hydrogens is 497 g/mol. The van der Waals surface area contributed by atoms with E-state index in [-0.39, 0.29) is 17.1 Å². The lowest BCUT2D eigenvalue weighted by Gasteiger charge is -2.31. The molecule has 1 atom stereocenters. The largest absolute Gasteiger partial charge is 0.494 e. The molecule has 0 spiro atoms. The summed E-state index contributed by atoms with van der Waals surface area (Å²) in [5, 5.41) is 2.52. The number of sulfonamides is 1. The third kappa shape index (κ3) is 6.85. The lowest BCUT2D eigenvalue weighted by Crippen LogP contribution is -2.50. The molecule has 196 valence electrons. The number of anilines is 1. The molecule has 0 heterocycles. The van der Waals surface area contributed by atoms with E-state index >= 15 is 0 Å². The highest BCUT2D eigenvalue weighted by Gasteiger charge is 2.32. The van der Waals surface area contributed by atoms with Gasteiger partial charge in [-0.25, -0.2) is 12.8 Å². The van der Waals surface area contributed by atoms with Crippen LogP contribution < -0.4 is 14.4 Å². The Kier molecular flexibility index (Phi) is 9.24. The quantitative estimate of drug-likeness (QED) is 0.411. The van der Waals surface area contributed by atoms with Gasteiger partial charge < -0.3 is 15.0 Å². The van der Waals surface area contributed by atoms with Gasteiger partial charge in [-0.1, -0.05) is 30.3 Å². The molecule has 1 N–H and O–H groups in total. The van der Waals surface area contributed by atoms with Gasteiger partial charge >= 0.3 is 0 Å². The first-order valence-electron chi connectivity index (χ1n) is 11.7. The molecule has 10 heteroatoms. The molecule has 3 aromatic carbocycles. The highest BCUT2D eigenvalue weighted by Crippen LogP contribution is 2.26. The first kappa shape index (κ1) is 27.7. The van der Waals surface area contributed by atoms with Gasteiger partial charge in [-0.05, 0) is 67.9 Å². The second-order valence-electron chi connectivity index (χ2n) is 8.19. The molecule has 0 saturated heterocycles. The van der Waals surface area contributed by atoms with E-state index in [1.807, 2.05) is 6.92 Å². The van der Waals surface area contributed by atoms with E-state index in [0.29, 0.717) is 17.9 Å². The predicted octanol–water partition coefficient (Wildman–Crippen LogP) is 3.58. The first-order chi connectivity index (χ1) is 17.7. The van der Waals surface area contributed by atoms with Crippen LogP contribution in [0.5, 0.6) is 5.75 Å². The fourth-order valence-corrected chi connectivity index (χ4v) is 5.14. The second kappa shape index (κ2) is 12.4. The summed E-state index contributed by atoms with van der Waals surface area (Å²) in [7, 11) is -2.69. The average molecular weight is 528 g/mol. The molecule has 0 unspecified atom stereocenters. The number of carbonyl (C=O) groups is 2. The van der Waals surface area contributed by atoms with Crippen molar-refractivity contribution in [3.05, 3.63) is 90.2 Å². The molecule has 0 aliphatic carbocycles. The van der Waals surface area contributed by atoms with Gasteiger partial charge in [0.05, 0.1) is 17.2 Å². The summed E-state index contributed by atoms with van der Waals surface area (Å²) < 4.78 is 47.2. The Morgan fingerprint density at radius 2 is 1.59 bits per heavy atom. The van der Waals surface area contributed by atoms with Crippen LogP contribution in [0.4, 0.5) is 10.1 Å². The summed E-state index contributed by atoms with van der Waals surface area (Å²) in [6.07, 6.45) is 0. The molecule has 0 aliphatic rings. The standard InChI is InChI=1S/C27H30FN3O5S/c1-4-36-24-16-14-23(15-17-24)31(37(34,35)25-8-6-5-7-9-25)19-26(32)30(20(2)27(33)29-3)18-21-10-12-22(28)13-11-21/h5-17,20H,4,18-19H2,1-3H3,(H,29,33)/t20-/m0/s1. The van der Waals surface area contributed by atoms with Gasteiger partial charge in [-0.3, -0.25) is 13.9 Å². The van der Waals surface area contributed by atoms with Crippen molar-refractivity contribution in [2.45, 2.75) is 31.3 Å². The van der Waals surface area contributed by atoms with Crippen LogP contribution in [0.25, 0.3) is 0 Å². The number of nitrogens with one attached hydrogen (secondary N) is 1. The SMILES string of the molecule is CCOc1ccc(N(CC(=O)N(Cc2ccc(F)cc2)[C@@H](C)C(=O)NC)S(=O)(=O)c2ccccc2)cc1. The number of nitrogens with zero attached hydrogens (tertiary/aromatic N) is 2. The molecule has 0 aromatic heterocycles. The summed E-state index contributed by atoms with van der Waals surface area (Å²) in [6, 6.07) is 18.8. The zero-order chi connectivity index (χ0) is 27.0. The van der Waals surface area contributed by atoms with E-state index in [0.717, 1.165) is 4.31 Å². The molecule has 37 heavy (non-hydrogen) atoms. The van der Waals surface area contributed by atoms with Crippen molar-refractivity contribution in [3.63, 3.8) is 0 Å². The fourth-order valence-electron chi connectivity index (χ4n) is 3.70. The lowest BCUT2D eigenvalue weighted by atomic mass is 10.1. The van der Waals surface area contributed by atoms with Crippen molar-refractivity contribution in [1.82, 2.24) is 10.2 Å². The smallest absolute Gasteiger partial charge is 0.264 e. The number of likely N-dealkylation sites (N-methyl/N-ethyl adjacent to an activating group) is 1. The highest BCUT2D eigenvalue weighted by atomic mass is 32.2. The lowest BCUT2D eigenvalue weighted by molar-refractivity contribution is -0.139. The number of rotatable bonds is 11. The Hall–Kier alpha value is -3.92. The van der Waals surface area contributed by atoms with Crippen molar-refractivity contribution in [1.29, 1.82) is 0 Å². The van der Waals surface area contributed by atoms with Crippen LogP contribution in [0.15, 0.2) is 83.8 Å². The average Bonchev–Trinajstić information content (AvgIpc) is 2.91. The summed E-state index contributed by atoms with van der Waals surface area (Å²) in [6.45, 7) is 3.25. The minimum atomic E-state index is -4.14. The third-order valence-corrected chi connectivity index (χ3v) is 7.51. The summed E-state index contributed by atoms with van der Waals surface area (Å²) in [5.74, 6) is -0.903. The molecule has 0 aliphatic heterocycles. The predicted molar refractivity (Wildman–Crippen MR) is 139 cm³/mol. The van der Waals surface area contributed by atoms with E-state index in [1.165, 1.54) is 48.3 Å². The zero-order valence-corrected chi connectivity index (χ0v) is 21.7. The third-order valence-electron chi connectivity index (χ3n) is 5.73. The van der Waals surface area contributed by atoms with Gasteiger partial charge in [0.1, 0.15) is 24.2 Å². The number of ether oxygens (including phenoxy) is 1. The van der Waals surface area contributed by atoms with E-state index < -0.39 is 40.2 Å². The van der Waals surface area contributed by atoms with Crippen molar-refractivity contribution >= 4 is 27.5 Å². The van der Waals surface area contributed by atoms with Crippen molar-refractivity contribution < 1.29 is 27.1 Å². The summed E-state index contributed by atoms with van der Waals surface area (Å²) in [4.78, 5) is 27.4. The van der Waals surface area contributed by atoms with Crippen LogP contribution >= 0.6 is 0 Å². The zero-order valence-electron chi connectivity index (χ0n) is 20.9. The van der Waals surface area contributed by atoms with Crippen LogP contribution in [0.1, 0.15) is 19.4 Å². The summed E-state index contributed by atoms with van der Waals surface area (Å²) >= 11 is 0. The van der Waals surface area contributed by atoms with Gasteiger partial charge in [-0.2, -0.15) is 0 Å². The fraction of sp³-hybridized carbons (Fsp3) is 0.259. The van der Waals surface area contributed by atoms with Crippen LogP contribution in [0.3, 0.4) is 0 Å². The molecular formula is C27H30FN3O5S. The first-order valence-corrected chi connectivity index (χ1v) is 13.2. The maximum atomic E-state index is 13.7. The number of amides is 2. The van der Waals surface area contributed by atoms with Crippen LogP contribution in [-0.2, 0) is 26.2 Å². The van der Waals surface area contributed by atoms with Crippen molar-refractivity contribution in [2.24, 2.45) is 0 Å². The topological polar surface area (TPSA) is 96.0 Å². The molecule has 0 radical (unpaired) electrons. The van der Waals surface area contributed by atoms with E-state index in [4.69, 9.17) is 4.74 Å². The Morgan fingerprint density at radius 3 is 2.16 bits per heavy atom. The van der Waals surface area contributed by atoms with Crippen molar-refractivity contribution in [3.8, 4) is 5.75 Å². The number of hydrogen-bond donors (Lipinski definition) is 1. The number of halogens is 1. The molecule has 2 amide bonds. The minimum absolute atomic E-state index is 0.0149. The van der Waals surface area contributed by atoms with Crippen molar-refractivity contribution in [2.75, 3.05) is 24.5 Å². The number of hydrogen-bond acceptors (Lipinski definition) is 5. The molecule has 0 saturated carbocycles. The monoisotopic (exact) mass is 527 g/mol. The molecule has 8 nitrogen and oxygen atoms in total. The summed E-state index contributed by atoms with van der Waals surface area (Å²) in [5.41, 5.74) is 0.846. The Balaban J connectivity index is 2.01. The molecule has 0 fully saturated rings. The molecule has 0 bridgehead atoms. The van der Waals surface area contributed by atoms with Gasteiger partial charge in [0.25, 0.3) is 10.0 Å². The van der Waals surface area contributed by atoms with Gasteiger partial charge in [0.15, 0.2) is 0 Å². The molecule has 3 rings (SSSR count). The normalized spacial score (nSPS) is 11.9. The maximum Gasteiger partial charge on any atom is 0.264 e. The minimum Gasteiger partial charge on any atom is -0.494 e. The number of carbonyl (C=O) groups excluding carboxylic acids is 2. The Labute approximate surface area is 216 Å². The molecule has 3 aromatic rings. The Morgan fingerprint density at radius 1 is 0.973 bits per heavy atom. The van der Waals surface area contributed by atoms with Crippen LogP contribution in [-0.4, -0.2) is 51.4 Å². The highest BCUT2D eigenvalue weighted by molar-refractivity contribution is 7.92. The van der Waals surface area contributed by atoms with E-state index in [9.17, 15) is 22.4 Å².